The third kappa shape index (κ3) is 2.23. The van der Waals surface area contributed by atoms with Crippen LogP contribution in [-0.4, -0.2) is 18.3 Å². The van der Waals surface area contributed by atoms with Crippen molar-refractivity contribution in [3.63, 3.8) is 0 Å². The van der Waals surface area contributed by atoms with Crippen molar-refractivity contribution in [1.82, 2.24) is 0 Å². The van der Waals surface area contributed by atoms with Crippen molar-refractivity contribution in [2.24, 2.45) is 11.7 Å². The van der Waals surface area contributed by atoms with E-state index in [0.29, 0.717) is 6.54 Å². The van der Waals surface area contributed by atoms with Gasteiger partial charge in [-0.05, 0) is 35.2 Å². The Morgan fingerprint density at radius 2 is 1.81 bits per heavy atom. The second-order valence-corrected chi connectivity index (χ2v) is 4.13. The van der Waals surface area contributed by atoms with Crippen LogP contribution < -0.4 is 5.73 Å². The maximum Gasteiger partial charge on any atom is 0.0474 e. The number of benzene rings is 2. The Morgan fingerprint density at radius 3 is 2.56 bits per heavy atom. The van der Waals surface area contributed by atoms with Gasteiger partial charge in [-0.25, -0.2) is 0 Å². The van der Waals surface area contributed by atoms with Crippen LogP contribution in [0.2, 0.25) is 0 Å². The summed E-state index contributed by atoms with van der Waals surface area (Å²) in [4.78, 5) is 0. The molecule has 1 unspecified atom stereocenters. The molecular formula is C14H17NO. The fraction of sp³-hybridized carbons (Fsp3) is 0.286. The van der Waals surface area contributed by atoms with Crippen molar-refractivity contribution in [2.75, 3.05) is 13.2 Å². The summed E-state index contributed by atoms with van der Waals surface area (Å²) < 4.78 is 0. The molecule has 0 bridgehead atoms. The Morgan fingerprint density at radius 1 is 1.06 bits per heavy atom. The topological polar surface area (TPSA) is 46.2 Å². The Hall–Kier alpha value is -1.38. The molecular weight excluding hydrogens is 198 g/mol. The van der Waals surface area contributed by atoms with E-state index >= 15 is 0 Å². The van der Waals surface area contributed by atoms with Crippen molar-refractivity contribution in [3.8, 4) is 0 Å². The lowest BCUT2D eigenvalue weighted by molar-refractivity contribution is 0.230. The normalized spacial score (nSPS) is 12.9. The highest BCUT2D eigenvalue weighted by Crippen LogP contribution is 2.20. The van der Waals surface area contributed by atoms with Crippen molar-refractivity contribution in [1.29, 1.82) is 0 Å². The van der Waals surface area contributed by atoms with E-state index in [1.54, 1.807) is 0 Å². The largest absolute Gasteiger partial charge is 0.396 e. The standard InChI is InChI=1S/C14H17NO/c15-9-11(10-16)8-13-6-3-5-12-4-1-2-7-14(12)13/h1-7,11,16H,8-10,15H2. The van der Waals surface area contributed by atoms with Crippen molar-refractivity contribution in [3.05, 3.63) is 48.0 Å². The zero-order chi connectivity index (χ0) is 11.4. The molecule has 2 nitrogen and oxygen atoms in total. The Bertz CT molecular complexity index is 458. The lowest BCUT2D eigenvalue weighted by Crippen LogP contribution is -2.20. The molecule has 0 aliphatic carbocycles. The molecule has 1 atom stereocenters. The molecule has 0 saturated carbocycles. The molecule has 0 heterocycles. The molecule has 0 saturated heterocycles. The smallest absolute Gasteiger partial charge is 0.0474 e. The van der Waals surface area contributed by atoms with Gasteiger partial charge in [0.05, 0.1) is 0 Å². The van der Waals surface area contributed by atoms with Crippen LogP contribution in [-0.2, 0) is 6.42 Å². The molecule has 3 N–H and O–H groups in total. The van der Waals surface area contributed by atoms with Crippen LogP contribution in [0.5, 0.6) is 0 Å². The fourth-order valence-electron chi connectivity index (χ4n) is 2.00. The van der Waals surface area contributed by atoms with Crippen LogP contribution in [0.15, 0.2) is 42.5 Å². The number of fused-ring (bicyclic) bond motifs is 1. The van der Waals surface area contributed by atoms with Gasteiger partial charge in [0, 0.05) is 6.61 Å². The average Bonchev–Trinajstić information content (AvgIpc) is 2.36. The number of rotatable bonds is 4. The van der Waals surface area contributed by atoms with E-state index in [2.05, 4.69) is 30.3 Å². The monoisotopic (exact) mass is 215 g/mol. The minimum Gasteiger partial charge on any atom is -0.396 e. The predicted octanol–water partition coefficient (Wildman–Crippen LogP) is 1.95. The first kappa shape index (κ1) is 11.1. The molecule has 0 aliphatic rings. The molecule has 2 aromatic rings. The molecule has 84 valence electrons. The molecule has 0 aliphatic heterocycles. The second-order valence-electron chi connectivity index (χ2n) is 4.13. The maximum atomic E-state index is 9.18. The molecule has 0 spiro atoms. The lowest BCUT2D eigenvalue weighted by Gasteiger charge is -2.13. The Kier molecular flexibility index (Phi) is 3.54. The number of aliphatic hydroxyl groups excluding tert-OH is 1. The van der Waals surface area contributed by atoms with E-state index in [1.807, 2.05) is 12.1 Å². The zero-order valence-electron chi connectivity index (χ0n) is 9.26. The summed E-state index contributed by atoms with van der Waals surface area (Å²) >= 11 is 0. The predicted molar refractivity (Wildman–Crippen MR) is 67.3 cm³/mol. The average molecular weight is 215 g/mol. The van der Waals surface area contributed by atoms with Crippen LogP contribution in [0.1, 0.15) is 5.56 Å². The van der Waals surface area contributed by atoms with Gasteiger partial charge in [-0.2, -0.15) is 0 Å². The summed E-state index contributed by atoms with van der Waals surface area (Å²) in [6, 6.07) is 14.6. The summed E-state index contributed by atoms with van der Waals surface area (Å²) in [5, 5.41) is 11.7. The van der Waals surface area contributed by atoms with Gasteiger partial charge >= 0.3 is 0 Å². The molecule has 16 heavy (non-hydrogen) atoms. The third-order valence-corrected chi connectivity index (χ3v) is 2.98. The van der Waals surface area contributed by atoms with Gasteiger partial charge in [0.15, 0.2) is 0 Å². The van der Waals surface area contributed by atoms with Crippen LogP contribution in [0.25, 0.3) is 10.8 Å². The highest BCUT2D eigenvalue weighted by atomic mass is 16.3. The quantitative estimate of drug-likeness (QED) is 0.819. The van der Waals surface area contributed by atoms with Gasteiger partial charge in [0.1, 0.15) is 0 Å². The van der Waals surface area contributed by atoms with E-state index < -0.39 is 0 Å². The second kappa shape index (κ2) is 5.10. The van der Waals surface area contributed by atoms with Gasteiger partial charge < -0.3 is 10.8 Å². The minimum atomic E-state index is 0.153. The summed E-state index contributed by atoms with van der Waals surface area (Å²) in [5.74, 6) is 0.158. The van der Waals surface area contributed by atoms with Crippen LogP contribution >= 0.6 is 0 Å². The van der Waals surface area contributed by atoms with Crippen molar-refractivity contribution >= 4 is 10.8 Å². The van der Waals surface area contributed by atoms with Crippen LogP contribution in [0.3, 0.4) is 0 Å². The van der Waals surface area contributed by atoms with E-state index in [1.165, 1.54) is 16.3 Å². The maximum absolute atomic E-state index is 9.18. The Labute approximate surface area is 95.7 Å². The zero-order valence-corrected chi connectivity index (χ0v) is 9.26. The number of nitrogens with two attached hydrogens (primary N) is 1. The molecule has 2 rings (SSSR count). The number of hydrogen-bond acceptors (Lipinski definition) is 2. The van der Waals surface area contributed by atoms with Gasteiger partial charge in [-0.1, -0.05) is 42.5 Å². The van der Waals surface area contributed by atoms with E-state index in [-0.39, 0.29) is 12.5 Å². The molecule has 2 aromatic carbocycles. The SMILES string of the molecule is NCC(CO)Cc1cccc2ccccc12. The minimum absolute atomic E-state index is 0.153. The van der Waals surface area contributed by atoms with E-state index in [0.717, 1.165) is 6.42 Å². The summed E-state index contributed by atoms with van der Waals surface area (Å²) in [6.45, 7) is 0.680. The first-order valence-corrected chi connectivity index (χ1v) is 5.62. The molecule has 0 fully saturated rings. The van der Waals surface area contributed by atoms with Gasteiger partial charge in [-0.15, -0.1) is 0 Å². The van der Waals surface area contributed by atoms with Gasteiger partial charge in [-0.3, -0.25) is 0 Å². The third-order valence-electron chi connectivity index (χ3n) is 2.98. The van der Waals surface area contributed by atoms with Crippen LogP contribution in [0.4, 0.5) is 0 Å². The van der Waals surface area contributed by atoms with Crippen molar-refractivity contribution < 1.29 is 5.11 Å². The van der Waals surface area contributed by atoms with Crippen molar-refractivity contribution in [2.45, 2.75) is 6.42 Å². The highest BCUT2D eigenvalue weighted by Gasteiger charge is 2.08. The number of aliphatic hydroxyl groups is 1. The summed E-state index contributed by atoms with van der Waals surface area (Å²) in [5.41, 5.74) is 6.88. The highest BCUT2D eigenvalue weighted by molar-refractivity contribution is 5.85. The molecule has 0 amide bonds. The Balaban J connectivity index is 2.36. The van der Waals surface area contributed by atoms with Gasteiger partial charge in [0.2, 0.25) is 0 Å². The first-order valence-electron chi connectivity index (χ1n) is 5.62. The molecule has 0 radical (unpaired) electrons. The molecule has 2 heteroatoms. The first-order chi connectivity index (χ1) is 7.85. The van der Waals surface area contributed by atoms with E-state index in [9.17, 15) is 5.11 Å². The summed E-state index contributed by atoms with van der Waals surface area (Å²) in [7, 11) is 0. The lowest BCUT2D eigenvalue weighted by atomic mass is 9.95. The fourth-order valence-corrected chi connectivity index (χ4v) is 2.00. The molecule has 0 aromatic heterocycles. The van der Waals surface area contributed by atoms with Gasteiger partial charge in [0.25, 0.3) is 0 Å². The van der Waals surface area contributed by atoms with Crippen LogP contribution in [0, 0.1) is 5.92 Å². The van der Waals surface area contributed by atoms with E-state index in [4.69, 9.17) is 5.73 Å². The summed E-state index contributed by atoms with van der Waals surface area (Å²) in [6.07, 6.45) is 0.842. The number of hydrogen-bond donors (Lipinski definition) is 2.